The maximum absolute atomic E-state index is 12.8. The lowest BCUT2D eigenvalue weighted by Crippen LogP contribution is -2.74. The highest BCUT2D eigenvalue weighted by Crippen LogP contribution is 2.50. The number of amides is 1. The summed E-state index contributed by atoms with van der Waals surface area (Å²) in [6.45, 7) is 6.58. The number of benzene rings is 1. The topological polar surface area (TPSA) is 73.6 Å². The molecule has 3 N–H and O–H groups in total. The lowest BCUT2D eigenvalue weighted by atomic mass is 9.54. The molecule has 1 amide bonds. The summed E-state index contributed by atoms with van der Waals surface area (Å²) in [4.78, 5) is 12.8. The number of carbonyl (C=O) groups excluding carboxylic acids is 1. The minimum absolute atomic E-state index is 0.0188. The number of nitrogens with two attached hydrogens (primary N) is 1. The summed E-state index contributed by atoms with van der Waals surface area (Å²) in [7, 11) is 0. The van der Waals surface area contributed by atoms with Gasteiger partial charge in [0.2, 0.25) is 5.91 Å². The average Bonchev–Trinajstić information content (AvgIpc) is 3.07. The molecule has 0 aliphatic heterocycles. The van der Waals surface area contributed by atoms with Crippen molar-refractivity contribution in [2.45, 2.75) is 70.6 Å². The van der Waals surface area contributed by atoms with Gasteiger partial charge in [-0.1, -0.05) is 19.9 Å². The van der Waals surface area contributed by atoms with Crippen molar-refractivity contribution in [2.24, 2.45) is 11.1 Å². The average molecular weight is 346 g/mol. The van der Waals surface area contributed by atoms with E-state index in [0.29, 0.717) is 19.1 Å². The Morgan fingerprint density at radius 3 is 2.68 bits per heavy atom. The van der Waals surface area contributed by atoms with Gasteiger partial charge in [-0.05, 0) is 44.7 Å². The van der Waals surface area contributed by atoms with Crippen LogP contribution in [0.2, 0.25) is 0 Å². The van der Waals surface area contributed by atoms with Gasteiger partial charge >= 0.3 is 0 Å². The molecule has 1 aromatic carbocycles. The van der Waals surface area contributed by atoms with Crippen molar-refractivity contribution in [3.8, 4) is 5.75 Å². The molecule has 5 heteroatoms. The summed E-state index contributed by atoms with van der Waals surface area (Å²) < 4.78 is 11.7. The van der Waals surface area contributed by atoms with Gasteiger partial charge in [0.15, 0.2) is 0 Å². The smallest absolute Gasteiger partial charge is 0.245 e. The van der Waals surface area contributed by atoms with E-state index in [9.17, 15) is 4.79 Å². The zero-order valence-electron chi connectivity index (χ0n) is 15.5. The van der Waals surface area contributed by atoms with E-state index in [-0.39, 0.29) is 12.0 Å². The second-order valence-corrected chi connectivity index (χ2v) is 7.85. The Hall–Kier alpha value is -1.59. The summed E-state index contributed by atoms with van der Waals surface area (Å²) in [6.07, 6.45) is 5.53. The van der Waals surface area contributed by atoms with Crippen LogP contribution in [-0.4, -0.2) is 30.3 Å². The lowest BCUT2D eigenvalue weighted by molar-refractivity contribution is -0.166. The van der Waals surface area contributed by atoms with Crippen LogP contribution in [0.4, 0.5) is 5.69 Å². The van der Waals surface area contributed by atoms with E-state index >= 15 is 0 Å². The van der Waals surface area contributed by atoms with Crippen molar-refractivity contribution in [2.75, 3.05) is 11.9 Å². The zero-order valence-corrected chi connectivity index (χ0v) is 15.5. The Morgan fingerprint density at radius 2 is 2.04 bits per heavy atom. The molecule has 2 aliphatic carbocycles. The molecule has 138 valence electrons. The normalized spacial score (nSPS) is 28.4. The van der Waals surface area contributed by atoms with Gasteiger partial charge < -0.3 is 20.5 Å². The Labute approximate surface area is 150 Å². The van der Waals surface area contributed by atoms with E-state index in [4.69, 9.17) is 15.2 Å². The van der Waals surface area contributed by atoms with Gasteiger partial charge in [0, 0.05) is 30.2 Å². The molecule has 2 aliphatic rings. The highest BCUT2D eigenvalue weighted by atomic mass is 16.5. The molecule has 0 aromatic heterocycles. The van der Waals surface area contributed by atoms with Crippen molar-refractivity contribution < 1.29 is 14.3 Å². The van der Waals surface area contributed by atoms with E-state index in [2.05, 4.69) is 5.32 Å². The minimum Gasteiger partial charge on any atom is -0.490 e. The largest absolute Gasteiger partial charge is 0.490 e. The molecule has 0 radical (unpaired) electrons. The summed E-state index contributed by atoms with van der Waals surface area (Å²) in [5.74, 6) is 0.641. The summed E-state index contributed by atoms with van der Waals surface area (Å²) in [6, 6.07) is 7.59. The maximum atomic E-state index is 12.8. The van der Waals surface area contributed by atoms with Crippen LogP contribution in [0.15, 0.2) is 24.3 Å². The van der Waals surface area contributed by atoms with Gasteiger partial charge in [0.25, 0.3) is 0 Å². The molecule has 2 atom stereocenters. The molecule has 1 aromatic rings. The van der Waals surface area contributed by atoms with E-state index in [0.717, 1.165) is 24.3 Å². The third kappa shape index (κ3) is 3.40. The van der Waals surface area contributed by atoms with Gasteiger partial charge in [-0.15, -0.1) is 0 Å². The Bertz CT molecular complexity index is 625. The van der Waals surface area contributed by atoms with Crippen LogP contribution in [0.1, 0.15) is 52.9 Å². The van der Waals surface area contributed by atoms with Crippen LogP contribution in [0.3, 0.4) is 0 Å². The first-order valence-electron chi connectivity index (χ1n) is 9.35. The molecule has 2 unspecified atom stereocenters. The number of hydrogen-bond acceptors (Lipinski definition) is 4. The third-order valence-electron chi connectivity index (χ3n) is 5.93. The summed E-state index contributed by atoms with van der Waals surface area (Å²) >= 11 is 0. The van der Waals surface area contributed by atoms with Gasteiger partial charge in [0.05, 0.1) is 12.2 Å². The Morgan fingerprint density at radius 1 is 1.32 bits per heavy atom. The molecule has 2 saturated carbocycles. The van der Waals surface area contributed by atoms with E-state index in [1.165, 1.54) is 12.8 Å². The monoisotopic (exact) mass is 346 g/mol. The molecule has 5 nitrogen and oxygen atoms in total. The van der Waals surface area contributed by atoms with E-state index < -0.39 is 11.0 Å². The van der Waals surface area contributed by atoms with Gasteiger partial charge in [0.1, 0.15) is 11.3 Å². The highest BCUT2D eigenvalue weighted by Gasteiger charge is 2.62. The van der Waals surface area contributed by atoms with E-state index in [1.807, 2.05) is 45.0 Å². The summed E-state index contributed by atoms with van der Waals surface area (Å²) in [5.41, 5.74) is 5.84. The first-order valence-corrected chi connectivity index (χ1v) is 9.35. The second-order valence-electron chi connectivity index (χ2n) is 7.85. The maximum Gasteiger partial charge on any atom is 0.245 e. The van der Waals surface area contributed by atoms with Gasteiger partial charge in [-0.3, -0.25) is 4.79 Å². The van der Waals surface area contributed by atoms with Crippen molar-refractivity contribution in [3.05, 3.63) is 24.3 Å². The van der Waals surface area contributed by atoms with Crippen molar-refractivity contribution in [3.63, 3.8) is 0 Å². The number of carbonyl (C=O) groups is 1. The fourth-order valence-corrected chi connectivity index (χ4v) is 3.91. The molecule has 2 fully saturated rings. The fourth-order valence-electron chi connectivity index (χ4n) is 3.91. The molecule has 0 heterocycles. The SMILES string of the molecule is CCOC1CC(N)(C(=O)Nc2cccc(OC3CCCC3)c2)C1(C)C. The molecular formula is C20H30N2O3. The first kappa shape index (κ1) is 18.2. The Kier molecular flexibility index (Phi) is 5.07. The molecule has 0 saturated heterocycles. The predicted octanol–water partition coefficient (Wildman–Crippen LogP) is 3.48. The Balaban J connectivity index is 1.65. The van der Waals surface area contributed by atoms with Crippen LogP contribution in [0, 0.1) is 5.41 Å². The molecule has 3 rings (SSSR count). The summed E-state index contributed by atoms with van der Waals surface area (Å²) in [5, 5.41) is 2.97. The van der Waals surface area contributed by atoms with Gasteiger partial charge in [-0.2, -0.15) is 0 Å². The molecule has 0 bridgehead atoms. The number of ether oxygens (including phenoxy) is 2. The second kappa shape index (κ2) is 6.96. The standard InChI is InChI=1S/C20H30N2O3/c1-4-24-17-13-20(21,19(17,2)3)18(23)22-14-8-7-11-16(12-14)25-15-9-5-6-10-15/h7-8,11-12,15,17H,4-6,9-10,13,21H2,1-3H3,(H,22,23). The number of hydrogen-bond donors (Lipinski definition) is 2. The quantitative estimate of drug-likeness (QED) is 0.827. The van der Waals surface area contributed by atoms with E-state index in [1.54, 1.807) is 0 Å². The molecule has 25 heavy (non-hydrogen) atoms. The molecule has 0 spiro atoms. The van der Waals surface area contributed by atoms with Gasteiger partial charge in [-0.25, -0.2) is 0 Å². The first-order chi connectivity index (χ1) is 11.9. The van der Waals surface area contributed by atoms with Crippen LogP contribution >= 0.6 is 0 Å². The van der Waals surface area contributed by atoms with Crippen LogP contribution in [0.25, 0.3) is 0 Å². The van der Waals surface area contributed by atoms with Crippen LogP contribution in [-0.2, 0) is 9.53 Å². The van der Waals surface area contributed by atoms with Crippen LogP contribution < -0.4 is 15.8 Å². The zero-order chi connectivity index (χ0) is 18.1. The number of nitrogens with one attached hydrogen (secondary N) is 1. The van der Waals surface area contributed by atoms with Crippen LogP contribution in [0.5, 0.6) is 5.75 Å². The fraction of sp³-hybridized carbons (Fsp3) is 0.650. The third-order valence-corrected chi connectivity index (χ3v) is 5.93. The number of rotatable bonds is 6. The minimum atomic E-state index is -0.921. The highest BCUT2D eigenvalue weighted by molar-refractivity contribution is 5.99. The van der Waals surface area contributed by atoms with Crippen molar-refractivity contribution in [1.82, 2.24) is 0 Å². The van der Waals surface area contributed by atoms with Crippen molar-refractivity contribution >= 4 is 11.6 Å². The predicted molar refractivity (Wildman–Crippen MR) is 98.7 cm³/mol. The lowest BCUT2D eigenvalue weighted by Gasteiger charge is -2.57. The van der Waals surface area contributed by atoms with Crippen molar-refractivity contribution in [1.29, 1.82) is 0 Å². The number of anilines is 1. The molecular weight excluding hydrogens is 316 g/mol.